The van der Waals surface area contributed by atoms with Crippen molar-refractivity contribution in [2.24, 2.45) is 11.7 Å². The first-order valence-electron chi connectivity index (χ1n) is 6.79. The van der Waals surface area contributed by atoms with Crippen LogP contribution >= 0.6 is 0 Å². The van der Waals surface area contributed by atoms with Crippen molar-refractivity contribution in [2.75, 3.05) is 26.2 Å². The molecule has 0 aromatic heterocycles. The van der Waals surface area contributed by atoms with Gasteiger partial charge >= 0.3 is 0 Å². The third kappa shape index (κ3) is 7.27. The second-order valence-corrected chi connectivity index (χ2v) is 4.56. The van der Waals surface area contributed by atoms with E-state index in [0.717, 1.165) is 13.1 Å². The highest BCUT2D eigenvalue weighted by molar-refractivity contribution is 5.78. The summed E-state index contributed by atoms with van der Waals surface area (Å²) in [6.07, 6.45) is 1.46. The molecular weight excluding hydrogens is 230 g/mol. The Kier molecular flexibility index (Phi) is 9.28. The lowest BCUT2D eigenvalue weighted by Gasteiger charge is -2.18. The Labute approximate surface area is 110 Å². The highest BCUT2D eigenvalue weighted by Gasteiger charge is 2.10. The summed E-state index contributed by atoms with van der Waals surface area (Å²) >= 11 is 0. The van der Waals surface area contributed by atoms with Gasteiger partial charge in [0.05, 0.1) is 0 Å². The van der Waals surface area contributed by atoms with Crippen LogP contribution < -0.4 is 11.1 Å². The number of amides is 2. The maximum atomic E-state index is 11.7. The predicted molar refractivity (Wildman–Crippen MR) is 73.0 cm³/mol. The molecule has 0 bridgehead atoms. The molecule has 0 aliphatic heterocycles. The molecule has 0 aliphatic rings. The normalized spacial score (nSPS) is 12.0. The van der Waals surface area contributed by atoms with E-state index in [-0.39, 0.29) is 11.8 Å². The van der Waals surface area contributed by atoms with E-state index < -0.39 is 0 Å². The third-order valence-corrected chi connectivity index (χ3v) is 2.96. The maximum absolute atomic E-state index is 11.7. The van der Waals surface area contributed by atoms with Gasteiger partial charge in [-0.1, -0.05) is 6.92 Å². The Hall–Kier alpha value is -1.10. The minimum Gasteiger partial charge on any atom is -0.356 e. The highest BCUT2D eigenvalue weighted by atomic mass is 16.2. The van der Waals surface area contributed by atoms with Crippen LogP contribution in [0.4, 0.5) is 0 Å². The summed E-state index contributed by atoms with van der Waals surface area (Å²) in [4.78, 5) is 24.9. The molecular formula is C13H27N3O2. The van der Waals surface area contributed by atoms with Gasteiger partial charge in [-0.3, -0.25) is 9.59 Å². The van der Waals surface area contributed by atoms with E-state index in [2.05, 4.69) is 5.32 Å². The summed E-state index contributed by atoms with van der Waals surface area (Å²) in [5.74, 6) is 0.428. The van der Waals surface area contributed by atoms with E-state index in [1.54, 1.807) is 4.90 Å². The molecule has 0 fully saturated rings. The number of nitrogens with one attached hydrogen (secondary N) is 1. The van der Waals surface area contributed by atoms with Crippen molar-refractivity contribution in [3.05, 3.63) is 0 Å². The molecule has 1 atom stereocenters. The molecule has 0 aromatic rings. The molecule has 1 unspecified atom stereocenters. The maximum Gasteiger partial charge on any atom is 0.222 e. The molecule has 0 spiro atoms. The zero-order valence-corrected chi connectivity index (χ0v) is 11.9. The zero-order chi connectivity index (χ0) is 14.0. The van der Waals surface area contributed by atoms with Crippen LogP contribution in [0, 0.1) is 5.92 Å². The number of hydrogen-bond acceptors (Lipinski definition) is 3. The Morgan fingerprint density at radius 2 is 1.83 bits per heavy atom. The third-order valence-electron chi connectivity index (χ3n) is 2.96. The van der Waals surface area contributed by atoms with E-state index >= 15 is 0 Å². The number of nitrogens with zero attached hydrogens (tertiary/aromatic N) is 1. The molecule has 5 nitrogen and oxygen atoms in total. The average molecular weight is 257 g/mol. The van der Waals surface area contributed by atoms with Gasteiger partial charge in [0.25, 0.3) is 0 Å². The SMILES string of the molecule is CCN(CC)C(=O)CCCC(=O)NCC(C)CN. The first-order chi connectivity index (χ1) is 8.54. The molecule has 5 heteroatoms. The van der Waals surface area contributed by atoms with E-state index in [9.17, 15) is 9.59 Å². The Morgan fingerprint density at radius 3 is 2.33 bits per heavy atom. The van der Waals surface area contributed by atoms with Gasteiger partial charge in [0.2, 0.25) is 11.8 Å². The van der Waals surface area contributed by atoms with E-state index in [1.807, 2.05) is 20.8 Å². The predicted octanol–water partition coefficient (Wildman–Crippen LogP) is 0.736. The fourth-order valence-electron chi connectivity index (χ4n) is 1.59. The van der Waals surface area contributed by atoms with Crippen LogP contribution in [-0.4, -0.2) is 42.9 Å². The molecule has 0 aliphatic carbocycles. The van der Waals surface area contributed by atoms with Crippen molar-refractivity contribution in [3.8, 4) is 0 Å². The fraction of sp³-hybridized carbons (Fsp3) is 0.846. The molecule has 0 heterocycles. The van der Waals surface area contributed by atoms with Gasteiger partial charge < -0.3 is 16.0 Å². The molecule has 0 saturated heterocycles. The standard InChI is InChI=1S/C13H27N3O2/c1-4-16(5-2)13(18)8-6-7-12(17)15-10-11(3)9-14/h11H,4-10,14H2,1-3H3,(H,15,17). The minimum absolute atomic E-state index is 0.00245. The molecule has 18 heavy (non-hydrogen) atoms. The summed E-state index contributed by atoms with van der Waals surface area (Å²) < 4.78 is 0. The minimum atomic E-state index is 0.00245. The summed E-state index contributed by atoms with van der Waals surface area (Å²) in [6.45, 7) is 8.56. The lowest BCUT2D eigenvalue weighted by molar-refractivity contribution is -0.131. The van der Waals surface area contributed by atoms with Crippen LogP contribution in [-0.2, 0) is 9.59 Å². The van der Waals surface area contributed by atoms with Crippen molar-refractivity contribution < 1.29 is 9.59 Å². The molecule has 0 aromatic carbocycles. The number of nitrogens with two attached hydrogens (primary N) is 1. The molecule has 0 rings (SSSR count). The van der Waals surface area contributed by atoms with Crippen LogP contribution in [0.2, 0.25) is 0 Å². The highest BCUT2D eigenvalue weighted by Crippen LogP contribution is 2.01. The fourth-order valence-corrected chi connectivity index (χ4v) is 1.59. The van der Waals surface area contributed by atoms with Crippen molar-refractivity contribution in [1.82, 2.24) is 10.2 Å². The van der Waals surface area contributed by atoms with Gasteiger partial charge in [-0.25, -0.2) is 0 Å². The number of rotatable bonds is 9. The van der Waals surface area contributed by atoms with Gasteiger partial charge in [-0.2, -0.15) is 0 Å². The van der Waals surface area contributed by atoms with Gasteiger partial charge in [0, 0.05) is 32.5 Å². The van der Waals surface area contributed by atoms with Crippen molar-refractivity contribution in [1.29, 1.82) is 0 Å². The molecule has 0 saturated carbocycles. The van der Waals surface area contributed by atoms with Crippen molar-refractivity contribution in [2.45, 2.75) is 40.0 Å². The van der Waals surface area contributed by atoms with E-state index in [4.69, 9.17) is 5.73 Å². The van der Waals surface area contributed by atoms with Crippen LogP contribution in [0.5, 0.6) is 0 Å². The first-order valence-corrected chi connectivity index (χ1v) is 6.79. The quantitative estimate of drug-likeness (QED) is 0.639. The molecule has 0 radical (unpaired) electrons. The lowest BCUT2D eigenvalue weighted by Crippen LogP contribution is -2.32. The second-order valence-electron chi connectivity index (χ2n) is 4.56. The number of carbonyl (C=O) groups excluding carboxylic acids is 2. The van der Waals surface area contributed by atoms with Crippen molar-refractivity contribution in [3.63, 3.8) is 0 Å². The van der Waals surface area contributed by atoms with Crippen LogP contribution in [0.3, 0.4) is 0 Å². The van der Waals surface area contributed by atoms with Gasteiger partial charge in [-0.15, -0.1) is 0 Å². The average Bonchev–Trinajstić information content (AvgIpc) is 2.37. The van der Waals surface area contributed by atoms with E-state index in [0.29, 0.717) is 38.3 Å². The summed E-state index contributed by atoms with van der Waals surface area (Å²) in [5.41, 5.74) is 5.46. The second kappa shape index (κ2) is 9.88. The largest absolute Gasteiger partial charge is 0.356 e. The van der Waals surface area contributed by atoms with Gasteiger partial charge in [-0.05, 0) is 32.7 Å². The number of carbonyl (C=O) groups is 2. The van der Waals surface area contributed by atoms with Gasteiger partial charge in [0.1, 0.15) is 0 Å². The topological polar surface area (TPSA) is 75.4 Å². The summed E-state index contributed by atoms with van der Waals surface area (Å²) in [5, 5.41) is 2.82. The monoisotopic (exact) mass is 257 g/mol. The van der Waals surface area contributed by atoms with Crippen LogP contribution in [0.1, 0.15) is 40.0 Å². The Balaban J connectivity index is 3.71. The van der Waals surface area contributed by atoms with Crippen molar-refractivity contribution >= 4 is 11.8 Å². The smallest absolute Gasteiger partial charge is 0.222 e. The first kappa shape index (κ1) is 16.9. The van der Waals surface area contributed by atoms with Gasteiger partial charge in [0.15, 0.2) is 0 Å². The summed E-state index contributed by atoms with van der Waals surface area (Å²) in [7, 11) is 0. The zero-order valence-electron chi connectivity index (χ0n) is 11.9. The van der Waals surface area contributed by atoms with Crippen LogP contribution in [0.25, 0.3) is 0 Å². The Bertz CT molecular complexity index is 253. The Morgan fingerprint density at radius 1 is 1.22 bits per heavy atom. The molecule has 106 valence electrons. The summed E-state index contributed by atoms with van der Waals surface area (Å²) in [6, 6.07) is 0. The van der Waals surface area contributed by atoms with E-state index in [1.165, 1.54) is 0 Å². The lowest BCUT2D eigenvalue weighted by atomic mass is 10.1. The number of hydrogen-bond donors (Lipinski definition) is 2. The molecule has 3 N–H and O–H groups in total. The van der Waals surface area contributed by atoms with Crippen LogP contribution in [0.15, 0.2) is 0 Å². The molecule has 2 amide bonds.